The van der Waals surface area contributed by atoms with E-state index in [9.17, 15) is 9.59 Å². The van der Waals surface area contributed by atoms with Crippen LogP contribution in [0.1, 0.15) is 65.1 Å². The quantitative estimate of drug-likeness (QED) is 0.620. The number of carbonyl (C=O) groups is 1. The fourth-order valence-corrected chi connectivity index (χ4v) is 5.31. The van der Waals surface area contributed by atoms with Gasteiger partial charge >= 0.3 is 0 Å². The standard InChI is InChI=1S/C22H31N5O2S/c1-14(2)13-26-21(29)20-17(11-12-30-20)27-18(24-25-22(26)27)9-6-10-19(28)23-16-8-5-4-7-15(16)3/h11-12,14-16H,4-10,13H2,1-3H3,(H,23,28). The van der Waals surface area contributed by atoms with E-state index in [1.54, 1.807) is 4.57 Å². The first-order valence-electron chi connectivity index (χ1n) is 11.1. The van der Waals surface area contributed by atoms with Crippen molar-refractivity contribution in [2.45, 2.75) is 78.3 Å². The van der Waals surface area contributed by atoms with Crippen LogP contribution in [-0.2, 0) is 17.8 Å². The van der Waals surface area contributed by atoms with Crippen LogP contribution in [0.3, 0.4) is 0 Å². The molecule has 0 aromatic carbocycles. The predicted molar refractivity (Wildman–Crippen MR) is 120 cm³/mol. The van der Waals surface area contributed by atoms with Crippen LogP contribution < -0.4 is 10.9 Å². The zero-order valence-electron chi connectivity index (χ0n) is 18.1. The van der Waals surface area contributed by atoms with Gasteiger partial charge in [-0.1, -0.05) is 33.6 Å². The Hall–Kier alpha value is -2.22. The molecule has 0 saturated heterocycles. The number of fused-ring (bicyclic) bond motifs is 3. The molecule has 2 atom stereocenters. The molecule has 8 heteroatoms. The summed E-state index contributed by atoms with van der Waals surface area (Å²) < 4.78 is 4.46. The van der Waals surface area contributed by atoms with Gasteiger partial charge in [0.15, 0.2) is 0 Å². The van der Waals surface area contributed by atoms with Crippen molar-refractivity contribution in [2.24, 2.45) is 11.8 Å². The molecule has 2 unspecified atom stereocenters. The van der Waals surface area contributed by atoms with Crippen LogP contribution >= 0.6 is 11.3 Å². The van der Waals surface area contributed by atoms with Crippen molar-refractivity contribution < 1.29 is 4.79 Å². The van der Waals surface area contributed by atoms with Gasteiger partial charge in [-0.15, -0.1) is 21.5 Å². The molecule has 1 fully saturated rings. The van der Waals surface area contributed by atoms with Crippen LogP contribution in [-0.4, -0.2) is 31.1 Å². The topological polar surface area (TPSA) is 81.3 Å². The summed E-state index contributed by atoms with van der Waals surface area (Å²) in [6, 6.07) is 2.27. The second-order valence-electron chi connectivity index (χ2n) is 8.99. The molecule has 1 amide bonds. The van der Waals surface area contributed by atoms with Gasteiger partial charge < -0.3 is 5.32 Å². The van der Waals surface area contributed by atoms with Crippen LogP contribution in [0.2, 0.25) is 0 Å². The Kier molecular flexibility index (Phi) is 6.22. The third-order valence-electron chi connectivity index (χ3n) is 6.09. The molecule has 3 aromatic rings. The Morgan fingerprint density at radius 1 is 1.30 bits per heavy atom. The number of amides is 1. The molecular weight excluding hydrogens is 398 g/mol. The molecule has 0 bridgehead atoms. The molecule has 3 heterocycles. The summed E-state index contributed by atoms with van der Waals surface area (Å²) in [5.74, 6) is 2.42. The second-order valence-corrected chi connectivity index (χ2v) is 9.90. The third-order valence-corrected chi connectivity index (χ3v) is 6.98. The number of rotatable bonds is 7. The second kappa shape index (κ2) is 8.88. The van der Waals surface area contributed by atoms with Crippen LogP contribution in [0.4, 0.5) is 0 Å². The van der Waals surface area contributed by atoms with Gasteiger partial charge in [0.1, 0.15) is 10.5 Å². The molecule has 4 rings (SSSR count). The van der Waals surface area contributed by atoms with Gasteiger partial charge in [0.05, 0.1) is 5.52 Å². The summed E-state index contributed by atoms with van der Waals surface area (Å²) in [4.78, 5) is 25.3. The van der Waals surface area contributed by atoms with E-state index in [1.165, 1.54) is 30.6 Å². The lowest BCUT2D eigenvalue weighted by Crippen LogP contribution is -2.40. The molecule has 1 aliphatic carbocycles. The Bertz CT molecular complexity index is 1100. The molecule has 30 heavy (non-hydrogen) atoms. The Morgan fingerprint density at radius 3 is 2.87 bits per heavy atom. The highest BCUT2D eigenvalue weighted by Gasteiger charge is 2.23. The summed E-state index contributed by atoms with van der Waals surface area (Å²) in [6.07, 6.45) is 6.61. The highest BCUT2D eigenvalue weighted by Crippen LogP contribution is 2.24. The highest BCUT2D eigenvalue weighted by molar-refractivity contribution is 7.17. The number of aromatic nitrogens is 4. The Labute approximate surface area is 180 Å². The minimum atomic E-state index is 0.00105. The minimum absolute atomic E-state index is 0.00105. The van der Waals surface area contributed by atoms with Gasteiger partial charge in [0, 0.05) is 25.4 Å². The lowest BCUT2D eigenvalue weighted by Gasteiger charge is -2.29. The Morgan fingerprint density at radius 2 is 2.10 bits per heavy atom. The first kappa shape index (κ1) is 21.0. The molecule has 3 aromatic heterocycles. The normalized spacial score (nSPS) is 19.7. The van der Waals surface area contributed by atoms with Gasteiger partial charge in [-0.3, -0.25) is 18.6 Å². The van der Waals surface area contributed by atoms with Gasteiger partial charge in [0.25, 0.3) is 5.56 Å². The molecule has 0 radical (unpaired) electrons. The van der Waals surface area contributed by atoms with Gasteiger partial charge in [-0.05, 0) is 42.5 Å². The molecule has 7 nitrogen and oxygen atoms in total. The van der Waals surface area contributed by atoms with Gasteiger partial charge in [-0.25, -0.2) is 0 Å². The monoisotopic (exact) mass is 429 g/mol. The van der Waals surface area contributed by atoms with E-state index in [-0.39, 0.29) is 11.5 Å². The van der Waals surface area contributed by atoms with Crippen LogP contribution in [0, 0.1) is 11.8 Å². The number of hydrogen-bond donors (Lipinski definition) is 1. The molecule has 1 saturated carbocycles. The average molecular weight is 430 g/mol. The maximum atomic E-state index is 12.9. The van der Waals surface area contributed by atoms with Crippen molar-refractivity contribution >= 4 is 33.2 Å². The van der Waals surface area contributed by atoms with Crippen molar-refractivity contribution in [3.8, 4) is 0 Å². The van der Waals surface area contributed by atoms with E-state index in [0.717, 1.165) is 22.5 Å². The zero-order valence-corrected chi connectivity index (χ0v) is 18.9. The molecule has 0 aliphatic heterocycles. The number of carbonyl (C=O) groups excluding carboxylic acids is 1. The van der Waals surface area contributed by atoms with Crippen molar-refractivity contribution in [3.63, 3.8) is 0 Å². The third kappa shape index (κ3) is 4.15. The average Bonchev–Trinajstić information content (AvgIpc) is 3.34. The molecule has 1 aliphatic rings. The maximum absolute atomic E-state index is 12.9. The number of nitrogens with one attached hydrogen (secondary N) is 1. The number of thiophene rings is 1. The van der Waals surface area contributed by atoms with Crippen LogP contribution in [0.15, 0.2) is 16.2 Å². The van der Waals surface area contributed by atoms with E-state index in [1.807, 2.05) is 15.8 Å². The van der Waals surface area contributed by atoms with Crippen molar-refractivity contribution in [1.29, 1.82) is 0 Å². The maximum Gasteiger partial charge on any atom is 0.272 e. The molecule has 162 valence electrons. The van der Waals surface area contributed by atoms with Crippen molar-refractivity contribution in [2.75, 3.05) is 0 Å². The van der Waals surface area contributed by atoms with E-state index >= 15 is 0 Å². The summed E-state index contributed by atoms with van der Waals surface area (Å²) in [5, 5.41) is 13.9. The Balaban J connectivity index is 1.50. The number of aryl methyl sites for hydroxylation is 1. The number of hydrogen-bond acceptors (Lipinski definition) is 5. The molecule has 1 N–H and O–H groups in total. The van der Waals surface area contributed by atoms with E-state index in [4.69, 9.17) is 0 Å². The first-order chi connectivity index (χ1) is 14.5. The lowest BCUT2D eigenvalue weighted by molar-refractivity contribution is -0.122. The zero-order chi connectivity index (χ0) is 21.3. The summed E-state index contributed by atoms with van der Waals surface area (Å²) in [5.41, 5.74) is 0.863. The van der Waals surface area contributed by atoms with Crippen LogP contribution in [0.25, 0.3) is 16.0 Å². The van der Waals surface area contributed by atoms with Gasteiger partial charge in [-0.2, -0.15) is 0 Å². The highest BCUT2D eigenvalue weighted by atomic mass is 32.1. The van der Waals surface area contributed by atoms with E-state index in [0.29, 0.717) is 49.5 Å². The fraction of sp³-hybridized carbons (Fsp3) is 0.636. The van der Waals surface area contributed by atoms with Crippen molar-refractivity contribution in [1.82, 2.24) is 24.5 Å². The largest absolute Gasteiger partial charge is 0.353 e. The SMILES string of the molecule is CC(C)Cn1c(=O)c2sccc2n2c(CCCC(=O)NC3CCCCC3C)nnc12. The molecule has 0 spiro atoms. The summed E-state index contributed by atoms with van der Waals surface area (Å²) >= 11 is 1.46. The van der Waals surface area contributed by atoms with Crippen LogP contribution in [0.5, 0.6) is 0 Å². The van der Waals surface area contributed by atoms with E-state index in [2.05, 4.69) is 36.3 Å². The minimum Gasteiger partial charge on any atom is -0.353 e. The predicted octanol–water partition coefficient (Wildman–Crippen LogP) is 3.78. The first-order valence-corrected chi connectivity index (χ1v) is 12.0. The summed E-state index contributed by atoms with van der Waals surface area (Å²) in [6.45, 7) is 7.01. The fourth-order valence-electron chi connectivity index (χ4n) is 4.49. The van der Waals surface area contributed by atoms with Crippen molar-refractivity contribution in [3.05, 3.63) is 27.6 Å². The smallest absolute Gasteiger partial charge is 0.272 e. The number of nitrogens with zero attached hydrogens (tertiary/aromatic N) is 4. The molecular formula is C22H31N5O2S. The van der Waals surface area contributed by atoms with E-state index < -0.39 is 0 Å². The lowest BCUT2D eigenvalue weighted by atomic mass is 9.86. The van der Waals surface area contributed by atoms with Gasteiger partial charge in [0.2, 0.25) is 11.7 Å². The summed E-state index contributed by atoms with van der Waals surface area (Å²) in [7, 11) is 0.